The summed E-state index contributed by atoms with van der Waals surface area (Å²) in [4.78, 5) is 34.3. The molecule has 2 amide bonds. The quantitative estimate of drug-likeness (QED) is 0.452. The number of rotatable bonds is 5. The van der Waals surface area contributed by atoms with Gasteiger partial charge in [-0.15, -0.1) is 0 Å². The Morgan fingerprint density at radius 1 is 0.735 bits per heavy atom. The number of imide groups is 1. The van der Waals surface area contributed by atoms with E-state index in [2.05, 4.69) is 21.9 Å². The van der Waals surface area contributed by atoms with E-state index in [1.165, 1.54) is 22.3 Å². The highest BCUT2D eigenvalue weighted by Crippen LogP contribution is 2.39. The van der Waals surface area contributed by atoms with Crippen LogP contribution in [0.5, 0.6) is 0 Å². The van der Waals surface area contributed by atoms with E-state index in [0.29, 0.717) is 34.4 Å². The lowest BCUT2D eigenvalue weighted by molar-refractivity contribution is -0.121. The summed E-state index contributed by atoms with van der Waals surface area (Å²) in [6.07, 6.45) is 0. The van der Waals surface area contributed by atoms with Crippen molar-refractivity contribution in [2.75, 3.05) is 36.0 Å². The van der Waals surface area contributed by atoms with E-state index in [1.807, 2.05) is 49.4 Å². The Kier molecular flexibility index (Phi) is 6.35. The van der Waals surface area contributed by atoms with Gasteiger partial charge in [-0.05, 0) is 49.4 Å². The fourth-order valence-electron chi connectivity index (χ4n) is 4.27. The fourth-order valence-corrected chi connectivity index (χ4v) is 5.45. The first kappa shape index (κ1) is 22.6. The molecule has 3 aromatic carbocycles. The third-order valence-corrected chi connectivity index (χ3v) is 7.36. The number of para-hydroxylation sites is 1. The van der Waals surface area contributed by atoms with Crippen molar-refractivity contribution < 1.29 is 9.59 Å². The van der Waals surface area contributed by atoms with Gasteiger partial charge in [0.1, 0.15) is 10.6 Å². The molecule has 0 saturated carbocycles. The monoisotopic (exact) mass is 489 g/mol. The summed E-state index contributed by atoms with van der Waals surface area (Å²) in [5, 5.41) is 0.482. The number of nitrogens with zero attached hydrogens (tertiary/aromatic N) is 3. The Labute approximate surface area is 208 Å². The second-order valence-electron chi connectivity index (χ2n) is 8.33. The van der Waals surface area contributed by atoms with Gasteiger partial charge in [0.05, 0.1) is 5.69 Å². The van der Waals surface area contributed by atoms with Crippen LogP contribution in [0.1, 0.15) is 5.56 Å². The third kappa shape index (κ3) is 4.43. The van der Waals surface area contributed by atoms with Gasteiger partial charge in [-0.25, -0.2) is 4.90 Å². The maximum atomic E-state index is 13.7. The highest BCUT2D eigenvalue weighted by molar-refractivity contribution is 8.04. The molecule has 34 heavy (non-hydrogen) atoms. The molecule has 0 bridgehead atoms. The van der Waals surface area contributed by atoms with Crippen molar-refractivity contribution in [2.24, 2.45) is 0 Å². The Bertz CT molecular complexity index is 1250. The van der Waals surface area contributed by atoms with Crippen LogP contribution in [0.2, 0.25) is 5.02 Å². The van der Waals surface area contributed by atoms with Crippen molar-refractivity contribution in [3.8, 4) is 0 Å². The minimum atomic E-state index is -0.307. The topological polar surface area (TPSA) is 43.9 Å². The molecule has 0 N–H and O–H groups in total. The summed E-state index contributed by atoms with van der Waals surface area (Å²) in [7, 11) is 0. The number of aryl methyl sites for hydroxylation is 1. The molecule has 7 heteroatoms. The van der Waals surface area contributed by atoms with E-state index in [1.54, 1.807) is 24.3 Å². The van der Waals surface area contributed by atoms with Crippen LogP contribution in [0, 0.1) is 6.92 Å². The standard InChI is InChI=1S/C27H24ClN3O2S/c1-19-10-12-23(13-11-19)34-25-24(26(32)31(27(25)33)22-9-5-6-20(28)18-22)30-16-14-29(15-17-30)21-7-3-2-4-8-21/h2-13,18H,14-17H2,1H3. The number of carbonyl (C=O) groups is 2. The van der Waals surface area contributed by atoms with Crippen LogP contribution >= 0.6 is 23.4 Å². The molecule has 0 unspecified atom stereocenters. The molecule has 0 radical (unpaired) electrons. The molecule has 5 rings (SSSR count). The molecule has 2 aliphatic rings. The van der Waals surface area contributed by atoms with Crippen LogP contribution in [0.4, 0.5) is 11.4 Å². The molecular weight excluding hydrogens is 466 g/mol. The number of hydrogen-bond donors (Lipinski definition) is 0. The molecule has 0 aliphatic carbocycles. The molecule has 2 aliphatic heterocycles. The number of hydrogen-bond acceptors (Lipinski definition) is 5. The van der Waals surface area contributed by atoms with Gasteiger partial charge in [0.2, 0.25) is 0 Å². The molecule has 0 spiro atoms. The van der Waals surface area contributed by atoms with Crippen molar-refractivity contribution in [1.82, 2.24) is 4.90 Å². The molecular formula is C27H24ClN3O2S. The van der Waals surface area contributed by atoms with Gasteiger partial charge in [-0.3, -0.25) is 9.59 Å². The van der Waals surface area contributed by atoms with Gasteiger partial charge in [-0.1, -0.05) is 65.3 Å². The Morgan fingerprint density at radius 3 is 2.06 bits per heavy atom. The first-order chi connectivity index (χ1) is 16.5. The zero-order valence-electron chi connectivity index (χ0n) is 18.8. The summed E-state index contributed by atoms with van der Waals surface area (Å²) in [6, 6.07) is 25.1. The first-order valence-electron chi connectivity index (χ1n) is 11.2. The smallest absolute Gasteiger partial charge is 0.283 e. The van der Waals surface area contributed by atoms with Gasteiger partial charge in [0.25, 0.3) is 11.8 Å². The lowest BCUT2D eigenvalue weighted by Gasteiger charge is -2.37. The van der Waals surface area contributed by atoms with E-state index in [-0.39, 0.29) is 11.8 Å². The van der Waals surface area contributed by atoms with Crippen molar-refractivity contribution in [3.63, 3.8) is 0 Å². The number of carbonyl (C=O) groups excluding carboxylic acids is 2. The van der Waals surface area contributed by atoms with Crippen molar-refractivity contribution >= 4 is 46.6 Å². The molecule has 1 saturated heterocycles. The predicted octanol–water partition coefficient (Wildman–Crippen LogP) is 5.35. The molecule has 2 heterocycles. The highest BCUT2D eigenvalue weighted by atomic mass is 35.5. The lowest BCUT2D eigenvalue weighted by atomic mass is 10.2. The van der Waals surface area contributed by atoms with Crippen molar-refractivity contribution in [1.29, 1.82) is 0 Å². The van der Waals surface area contributed by atoms with Crippen molar-refractivity contribution in [3.05, 3.63) is 100 Å². The van der Waals surface area contributed by atoms with Gasteiger partial charge in [0, 0.05) is 41.8 Å². The van der Waals surface area contributed by atoms with E-state index in [9.17, 15) is 9.59 Å². The molecule has 0 atom stereocenters. The van der Waals surface area contributed by atoms with Crippen LogP contribution < -0.4 is 9.80 Å². The highest BCUT2D eigenvalue weighted by Gasteiger charge is 2.43. The largest absolute Gasteiger partial charge is 0.368 e. The molecule has 172 valence electrons. The summed E-state index contributed by atoms with van der Waals surface area (Å²) in [5.74, 6) is -0.603. The maximum absolute atomic E-state index is 13.7. The Morgan fingerprint density at radius 2 is 1.38 bits per heavy atom. The normalized spacial score (nSPS) is 16.6. The van der Waals surface area contributed by atoms with E-state index in [4.69, 9.17) is 11.6 Å². The SMILES string of the molecule is Cc1ccc(SC2=C(N3CCN(c4ccccc4)CC3)C(=O)N(c3cccc(Cl)c3)C2=O)cc1. The average molecular weight is 490 g/mol. The molecule has 1 fully saturated rings. The van der Waals surface area contributed by atoms with E-state index < -0.39 is 0 Å². The Hall–Kier alpha value is -3.22. The van der Waals surface area contributed by atoms with Crippen LogP contribution in [-0.2, 0) is 9.59 Å². The third-order valence-electron chi connectivity index (χ3n) is 6.04. The second kappa shape index (κ2) is 9.57. The lowest BCUT2D eigenvalue weighted by Crippen LogP contribution is -2.47. The molecule has 5 nitrogen and oxygen atoms in total. The second-order valence-corrected chi connectivity index (χ2v) is 9.85. The summed E-state index contributed by atoms with van der Waals surface area (Å²) in [5.41, 5.74) is 3.27. The fraction of sp³-hybridized carbons (Fsp3) is 0.185. The number of amides is 2. The van der Waals surface area contributed by atoms with E-state index >= 15 is 0 Å². The zero-order valence-corrected chi connectivity index (χ0v) is 20.4. The minimum absolute atomic E-state index is 0.296. The number of piperazine rings is 1. The minimum Gasteiger partial charge on any atom is -0.368 e. The number of thioether (sulfide) groups is 1. The maximum Gasteiger partial charge on any atom is 0.283 e. The van der Waals surface area contributed by atoms with E-state index in [0.717, 1.165) is 23.5 Å². The van der Waals surface area contributed by atoms with Gasteiger partial charge >= 0.3 is 0 Å². The van der Waals surface area contributed by atoms with Gasteiger partial charge < -0.3 is 9.80 Å². The van der Waals surface area contributed by atoms with Crippen LogP contribution in [0.15, 0.2) is 94.4 Å². The summed E-state index contributed by atoms with van der Waals surface area (Å²) >= 11 is 7.53. The summed E-state index contributed by atoms with van der Waals surface area (Å²) in [6.45, 7) is 4.88. The van der Waals surface area contributed by atoms with Gasteiger partial charge in [0.15, 0.2) is 0 Å². The predicted molar refractivity (Wildman–Crippen MR) is 138 cm³/mol. The van der Waals surface area contributed by atoms with Crippen LogP contribution in [0.25, 0.3) is 0 Å². The van der Waals surface area contributed by atoms with Crippen molar-refractivity contribution in [2.45, 2.75) is 11.8 Å². The first-order valence-corrected chi connectivity index (χ1v) is 12.4. The number of benzene rings is 3. The Balaban J connectivity index is 1.46. The van der Waals surface area contributed by atoms with Crippen LogP contribution in [0.3, 0.4) is 0 Å². The summed E-state index contributed by atoms with van der Waals surface area (Å²) < 4.78 is 0. The van der Waals surface area contributed by atoms with Crippen LogP contribution in [-0.4, -0.2) is 42.9 Å². The molecule has 0 aromatic heterocycles. The number of anilines is 2. The number of halogens is 1. The molecule has 3 aromatic rings. The van der Waals surface area contributed by atoms with Gasteiger partial charge in [-0.2, -0.15) is 0 Å². The average Bonchev–Trinajstić information content (AvgIpc) is 3.10. The zero-order chi connectivity index (χ0) is 23.7.